The summed E-state index contributed by atoms with van der Waals surface area (Å²) in [5.41, 5.74) is 0. The molecule has 2 rings (SSSR count). The average Bonchev–Trinajstić information content (AvgIpc) is 2.19. The minimum atomic E-state index is 0.283. The molecule has 1 aliphatic heterocycles. The Hall–Kier alpha value is -0.120. The molecule has 0 radical (unpaired) electrons. The van der Waals surface area contributed by atoms with Gasteiger partial charge in [0.05, 0.1) is 18.8 Å². The molecule has 15 heavy (non-hydrogen) atoms. The van der Waals surface area contributed by atoms with Crippen LogP contribution in [0.5, 0.6) is 0 Å². The highest BCUT2D eigenvalue weighted by atomic mass is 16.5. The lowest BCUT2D eigenvalue weighted by Crippen LogP contribution is -2.41. The number of hydrogen-bond donors (Lipinski definition) is 1. The molecule has 1 heterocycles. The molecule has 2 fully saturated rings. The van der Waals surface area contributed by atoms with Gasteiger partial charge in [-0.2, -0.15) is 0 Å². The van der Waals surface area contributed by atoms with Crippen LogP contribution in [0.3, 0.4) is 0 Å². The summed E-state index contributed by atoms with van der Waals surface area (Å²) in [7, 11) is 0. The van der Waals surface area contributed by atoms with E-state index < -0.39 is 0 Å². The lowest BCUT2D eigenvalue weighted by atomic mass is 9.84. The number of β-amino-alcohol motifs (C(OH)–C–C–N with tert-alkyl or cyclic N) is 1. The van der Waals surface area contributed by atoms with Gasteiger partial charge in [0.15, 0.2) is 0 Å². The van der Waals surface area contributed by atoms with Crippen molar-refractivity contribution in [1.29, 1.82) is 0 Å². The van der Waals surface area contributed by atoms with E-state index in [9.17, 15) is 0 Å². The highest BCUT2D eigenvalue weighted by Gasteiger charge is 2.29. The van der Waals surface area contributed by atoms with Gasteiger partial charge in [0.2, 0.25) is 0 Å². The third kappa shape index (κ3) is 3.16. The maximum atomic E-state index is 8.83. The van der Waals surface area contributed by atoms with Gasteiger partial charge >= 0.3 is 0 Å². The van der Waals surface area contributed by atoms with Gasteiger partial charge in [-0.3, -0.25) is 0 Å². The molecule has 0 amide bonds. The van der Waals surface area contributed by atoms with Gasteiger partial charge in [0, 0.05) is 19.6 Å². The van der Waals surface area contributed by atoms with Crippen LogP contribution in [0, 0.1) is 5.92 Å². The summed E-state index contributed by atoms with van der Waals surface area (Å²) in [6.07, 6.45) is 5.84. The Balaban J connectivity index is 1.61. The summed E-state index contributed by atoms with van der Waals surface area (Å²) >= 11 is 0. The number of likely N-dealkylation sites (tertiary alicyclic amines) is 1. The number of rotatable bonds is 4. The molecule has 0 unspecified atom stereocenters. The summed E-state index contributed by atoms with van der Waals surface area (Å²) in [6, 6.07) is 0. The fraction of sp³-hybridized carbons (Fsp3) is 1.00. The van der Waals surface area contributed by atoms with Crippen molar-refractivity contribution < 1.29 is 9.84 Å². The van der Waals surface area contributed by atoms with E-state index in [2.05, 4.69) is 11.8 Å². The van der Waals surface area contributed by atoms with Gasteiger partial charge in [-0.25, -0.2) is 0 Å². The minimum Gasteiger partial charge on any atom is -0.395 e. The third-order valence-corrected chi connectivity index (χ3v) is 3.67. The Morgan fingerprint density at radius 2 is 1.87 bits per heavy atom. The molecule has 0 atom stereocenters. The molecule has 88 valence electrons. The van der Waals surface area contributed by atoms with Gasteiger partial charge < -0.3 is 14.7 Å². The van der Waals surface area contributed by atoms with Crippen molar-refractivity contribution in [3.63, 3.8) is 0 Å². The quantitative estimate of drug-likeness (QED) is 0.763. The predicted molar refractivity (Wildman–Crippen MR) is 59.8 cm³/mol. The first-order valence-electron chi connectivity index (χ1n) is 6.26. The molecule has 3 nitrogen and oxygen atoms in total. The van der Waals surface area contributed by atoms with Crippen LogP contribution in [0.2, 0.25) is 0 Å². The van der Waals surface area contributed by atoms with Crippen molar-refractivity contribution in [2.75, 3.05) is 26.2 Å². The number of piperidine rings is 1. The van der Waals surface area contributed by atoms with Crippen LogP contribution in [-0.4, -0.2) is 48.5 Å². The summed E-state index contributed by atoms with van der Waals surface area (Å²) in [5, 5.41) is 8.83. The molecule has 3 heteroatoms. The van der Waals surface area contributed by atoms with E-state index in [0.717, 1.165) is 38.4 Å². The number of aliphatic hydroxyl groups is 1. The van der Waals surface area contributed by atoms with Crippen molar-refractivity contribution in [1.82, 2.24) is 4.90 Å². The van der Waals surface area contributed by atoms with Crippen LogP contribution in [0.1, 0.15) is 32.6 Å². The maximum Gasteiger partial charge on any atom is 0.0603 e. The topological polar surface area (TPSA) is 32.7 Å². The van der Waals surface area contributed by atoms with Crippen LogP contribution in [0.25, 0.3) is 0 Å². The van der Waals surface area contributed by atoms with E-state index in [1.54, 1.807) is 0 Å². The minimum absolute atomic E-state index is 0.283. The highest BCUT2D eigenvalue weighted by Crippen LogP contribution is 2.31. The summed E-state index contributed by atoms with van der Waals surface area (Å²) < 4.78 is 6.03. The first-order chi connectivity index (χ1) is 7.28. The highest BCUT2D eigenvalue weighted by molar-refractivity contribution is 4.80. The van der Waals surface area contributed by atoms with Gasteiger partial charge in [0.1, 0.15) is 0 Å². The molecule has 0 aromatic carbocycles. The molecule has 1 N–H and O–H groups in total. The Morgan fingerprint density at radius 1 is 1.20 bits per heavy atom. The van der Waals surface area contributed by atoms with Crippen LogP contribution in [0.15, 0.2) is 0 Å². The molecule has 0 spiro atoms. The third-order valence-electron chi connectivity index (χ3n) is 3.67. The fourth-order valence-corrected chi connectivity index (χ4v) is 2.62. The zero-order chi connectivity index (χ0) is 10.7. The summed E-state index contributed by atoms with van der Waals surface area (Å²) in [6.45, 7) is 5.59. The molecule has 1 saturated heterocycles. The van der Waals surface area contributed by atoms with Crippen molar-refractivity contribution in [3.8, 4) is 0 Å². The number of aliphatic hydroxyl groups excluding tert-OH is 1. The predicted octanol–water partition coefficient (Wildman–Crippen LogP) is 1.26. The van der Waals surface area contributed by atoms with Crippen molar-refractivity contribution >= 4 is 0 Å². The Bertz CT molecular complexity index is 184. The number of hydrogen-bond acceptors (Lipinski definition) is 3. The molecule has 1 aliphatic carbocycles. The lowest BCUT2D eigenvalue weighted by molar-refractivity contribution is -0.0910. The summed E-state index contributed by atoms with van der Waals surface area (Å²) in [4.78, 5) is 2.32. The van der Waals surface area contributed by atoms with Crippen LogP contribution in [-0.2, 0) is 4.74 Å². The van der Waals surface area contributed by atoms with Crippen LogP contribution >= 0.6 is 0 Å². The van der Waals surface area contributed by atoms with Crippen molar-refractivity contribution in [2.24, 2.45) is 5.92 Å². The smallest absolute Gasteiger partial charge is 0.0603 e. The second kappa shape index (κ2) is 5.28. The van der Waals surface area contributed by atoms with E-state index in [1.165, 1.54) is 12.8 Å². The van der Waals surface area contributed by atoms with Gasteiger partial charge in [-0.05, 0) is 31.6 Å². The van der Waals surface area contributed by atoms with Crippen molar-refractivity contribution in [2.45, 2.75) is 44.8 Å². The Labute approximate surface area is 92.4 Å². The van der Waals surface area contributed by atoms with Crippen LogP contribution in [0.4, 0.5) is 0 Å². The Morgan fingerprint density at radius 3 is 2.40 bits per heavy atom. The zero-order valence-corrected chi connectivity index (χ0v) is 9.69. The molecule has 0 aromatic rings. The van der Waals surface area contributed by atoms with Crippen LogP contribution < -0.4 is 0 Å². The van der Waals surface area contributed by atoms with E-state index in [4.69, 9.17) is 9.84 Å². The summed E-state index contributed by atoms with van der Waals surface area (Å²) in [5.74, 6) is 0.879. The molecular weight excluding hydrogens is 190 g/mol. The van der Waals surface area contributed by atoms with Gasteiger partial charge in [0.25, 0.3) is 0 Å². The largest absolute Gasteiger partial charge is 0.395 e. The SMILES string of the molecule is C[C@H]1C[C@@H](OC2CCN(CCO)CC2)C1. The Kier molecular flexibility index (Phi) is 4.00. The fourth-order valence-electron chi connectivity index (χ4n) is 2.62. The van der Waals surface area contributed by atoms with Gasteiger partial charge in [-0.15, -0.1) is 0 Å². The van der Waals surface area contributed by atoms with Crippen molar-refractivity contribution in [3.05, 3.63) is 0 Å². The van der Waals surface area contributed by atoms with E-state index in [1.807, 2.05) is 0 Å². The van der Waals surface area contributed by atoms with Gasteiger partial charge in [-0.1, -0.05) is 6.92 Å². The molecule has 0 bridgehead atoms. The average molecular weight is 213 g/mol. The maximum absolute atomic E-state index is 8.83. The first kappa shape index (κ1) is 11.4. The van der Waals surface area contributed by atoms with E-state index in [0.29, 0.717) is 12.2 Å². The molecule has 0 aromatic heterocycles. The zero-order valence-electron chi connectivity index (χ0n) is 9.69. The molecule has 1 saturated carbocycles. The number of ether oxygens (including phenoxy) is 1. The second-order valence-corrected chi connectivity index (χ2v) is 5.10. The lowest BCUT2D eigenvalue weighted by Gasteiger charge is -2.38. The first-order valence-corrected chi connectivity index (χ1v) is 6.26. The standard InChI is InChI=1S/C12H23NO2/c1-10-8-12(9-10)15-11-2-4-13(5-3-11)6-7-14/h10-12,14H,2-9H2,1H3/t10-,12+. The monoisotopic (exact) mass is 213 g/mol. The molecular formula is C12H23NO2. The second-order valence-electron chi connectivity index (χ2n) is 5.10. The normalized spacial score (nSPS) is 34.0. The van der Waals surface area contributed by atoms with E-state index in [-0.39, 0.29) is 6.61 Å². The van der Waals surface area contributed by atoms with E-state index >= 15 is 0 Å². The number of nitrogens with zero attached hydrogens (tertiary/aromatic N) is 1. The molecule has 2 aliphatic rings.